The van der Waals surface area contributed by atoms with Crippen LogP contribution in [0.15, 0.2) is 67.0 Å². The van der Waals surface area contributed by atoms with Gasteiger partial charge in [0.25, 0.3) is 5.91 Å². The summed E-state index contributed by atoms with van der Waals surface area (Å²) in [4.78, 5) is 21.2. The zero-order valence-corrected chi connectivity index (χ0v) is 17.3. The predicted molar refractivity (Wildman–Crippen MR) is 118 cm³/mol. The quantitative estimate of drug-likeness (QED) is 0.443. The summed E-state index contributed by atoms with van der Waals surface area (Å²) in [5.74, 6) is 1.61. The molecule has 2 N–H and O–H groups in total. The number of rotatable bonds is 5. The molecule has 1 amide bonds. The van der Waals surface area contributed by atoms with Crippen molar-refractivity contribution in [2.24, 2.45) is 0 Å². The second-order valence-corrected chi connectivity index (χ2v) is 7.23. The van der Waals surface area contributed by atoms with Gasteiger partial charge >= 0.3 is 0 Å². The highest BCUT2D eigenvalue weighted by atomic mass is 35.5. The van der Waals surface area contributed by atoms with E-state index in [-0.39, 0.29) is 5.91 Å². The van der Waals surface area contributed by atoms with E-state index in [1.165, 1.54) is 6.07 Å². The molecule has 0 saturated heterocycles. The molecule has 30 heavy (non-hydrogen) atoms. The van der Waals surface area contributed by atoms with Gasteiger partial charge < -0.3 is 10.6 Å². The van der Waals surface area contributed by atoms with E-state index in [1.54, 1.807) is 41.2 Å². The Kier molecular flexibility index (Phi) is 5.65. The van der Waals surface area contributed by atoms with E-state index in [0.29, 0.717) is 38.8 Å². The normalized spacial score (nSPS) is 10.6. The van der Waals surface area contributed by atoms with Crippen molar-refractivity contribution in [1.29, 1.82) is 0 Å². The van der Waals surface area contributed by atoms with Gasteiger partial charge in [0.1, 0.15) is 11.6 Å². The van der Waals surface area contributed by atoms with Crippen LogP contribution in [-0.4, -0.2) is 25.7 Å². The number of amides is 1. The molecule has 0 unspecified atom stereocenters. The summed E-state index contributed by atoms with van der Waals surface area (Å²) < 4.78 is 1.67. The molecule has 0 bridgehead atoms. The zero-order chi connectivity index (χ0) is 21.1. The van der Waals surface area contributed by atoms with Crippen molar-refractivity contribution in [3.05, 3.63) is 88.4 Å². The van der Waals surface area contributed by atoms with Gasteiger partial charge in [0.05, 0.1) is 10.6 Å². The maximum absolute atomic E-state index is 12.4. The topological polar surface area (TPSA) is 84.7 Å². The third-order valence-electron chi connectivity index (χ3n) is 4.15. The van der Waals surface area contributed by atoms with Crippen LogP contribution in [-0.2, 0) is 0 Å². The first-order chi connectivity index (χ1) is 14.5. The number of nitrogens with zero attached hydrogens (tertiary/aromatic N) is 4. The summed E-state index contributed by atoms with van der Waals surface area (Å²) in [5.41, 5.74) is 1.79. The Morgan fingerprint density at radius 2 is 1.77 bits per heavy atom. The minimum absolute atomic E-state index is 0.297. The first-order valence-electron chi connectivity index (χ1n) is 8.97. The minimum Gasteiger partial charge on any atom is -0.340 e. The standard InChI is InChI=1S/C21H16Cl2N6O/c1-13-25-19(12-20(26-13)29-10-2-9-24-29)27-15-4-6-16(7-5-15)28-21(30)17-8-3-14(22)11-18(17)23/h2-12H,1H3,(H,28,30)(H,25,26,27). The number of anilines is 3. The highest BCUT2D eigenvalue weighted by molar-refractivity contribution is 6.37. The van der Waals surface area contributed by atoms with Crippen molar-refractivity contribution < 1.29 is 4.79 Å². The van der Waals surface area contributed by atoms with Crippen molar-refractivity contribution in [2.45, 2.75) is 6.92 Å². The maximum Gasteiger partial charge on any atom is 0.257 e. The summed E-state index contributed by atoms with van der Waals surface area (Å²) in [6, 6.07) is 15.6. The van der Waals surface area contributed by atoms with Crippen LogP contribution < -0.4 is 10.6 Å². The van der Waals surface area contributed by atoms with Gasteiger partial charge in [-0.25, -0.2) is 14.6 Å². The summed E-state index contributed by atoms with van der Waals surface area (Å²) >= 11 is 12.0. The second kappa shape index (κ2) is 8.52. The van der Waals surface area contributed by atoms with Crippen molar-refractivity contribution >= 4 is 46.3 Å². The van der Waals surface area contributed by atoms with Gasteiger partial charge in [0, 0.05) is 34.9 Å². The highest BCUT2D eigenvalue weighted by Crippen LogP contribution is 2.23. The number of benzene rings is 2. The summed E-state index contributed by atoms with van der Waals surface area (Å²) in [6.07, 6.45) is 3.50. The van der Waals surface area contributed by atoms with Gasteiger partial charge in [-0.15, -0.1) is 0 Å². The molecule has 9 heteroatoms. The lowest BCUT2D eigenvalue weighted by molar-refractivity contribution is 0.102. The Hall–Kier alpha value is -3.42. The molecule has 0 fully saturated rings. The lowest BCUT2D eigenvalue weighted by Crippen LogP contribution is -2.12. The lowest BCUT2D eigenvalue weighted by atomic mass is 10.2. The molecule has 4 aromatic rings. The van der Waals surface area contributed by atoms with E-state index >= 15 is 0 Å². The number of aryl methyl sites for hydroxylation is 1. The Bertz CT molecular complexity index is 1190. The van der Waals surface area contributed by atoms with E-state index in [0.717, 1.165) is 5.69 Å². The Morgan fingerprint density at radius 3 is 2.47 bits per heavy atom. The summed E-state index contributed by atoms with van der Waals surface area (Å²) in [7, 11) is 0. The molecular weight excluding hydrogens is 423 g/mol. The number of hydrogen-bond donors (Lipinski definition) is 2. The number of nitrogens with one attached hydrogen (secondary N) is 2. The average Bonchev–Trinajstić information content (AvgIpc) is 3.24. The maximum atomic E-state index is 12.4. The number of carbonyl (C=O) groups is 1. The van der Waals surface area contributed by atoms with Crippen LogP contribution in [0.2, 0.25) is 10.0 Å². The third-order valence-corrected chi connectivity index (χ3v) is 4.70. The summed E-state index contributed by atoms with van der Waals surface area (Å²) in [5, 5.41) is 11.0. The van der Waals surface area contributed by atoms with E-state index in [2.05, 4.69) is 25.7 Å². The largest absolute Gasteiger partial charge is 0.340 e. The SMILES string of the molecule is Cc1nc(Nc2ccc(NC(=O)c3ccc(Cl)cc3Cl)cc2)cc(-n2cccn2)n1. The van der Waals surface area contributed by atoms with E-state index < -0.39 is 0 Å². The molecule has 2 aromatic heterocycles. The second-order valence-electron chi connectivity index (χ2n) is 6.39. The van der Waals surface area contributed by atoms with E-state index in [1.807, 2.05) is 31.3 Å². The molecule has 2 aromatic carbocycles. The van der Waals surface area contributed by atoms with Crippen LogP contribution in [0.1, 0.15) is 16.2 Å². The first-order valence-corrected chi connectivity index (χ1v) is 9.73. The van der Waals surface area contributed by atoms with Crippen molar-refractivity contribution in [3.63, 3.8) is 0 Å². The lowest BCUT2D eigenvalue weighted by Gasteiger charge is -2.10. The van der Waals surface area contributed by atoms with Gasteiger partial charge in [0.2, 0.25) is 0 Å². The molecule has 2 heterocycles. The van der Waals surface area contributed by atoms with Crippen molar-refractivity contribution in [3.8, 4) is 5.82 Å². The molecule has 0 aliphatic heterocycles. The molecule has 0 aliphatic carbocycles. The molecule has 7 nitrogen and oxygen atoms in total. The smallest absolute Gasteiger partial charge is 0.257 e. The number of halogens is 2. The fraction of sp³-hybridized carbons (Fsp3) is 0.0476. The highest BCUT2D eigenvalue weighted by Gasteiger charge is 2.11. The van der Waals surface area contributed by atoms with Crippen molar-refractivity contribution in [2.75, 3.05) is 10.6 Å². The van der Waals surface area contributed by atoms with Gasteiger partial charge in [-0.1, -0.05) is 23.2 Å². The van der Waals surface area contributed by atoms with Crippen LogP contribution in [0.3, 0.4) is 0 Å². The van der Waals surface area contributed by atoms with E-state index in [9.17, 15) is 4.79 Å². The molecule has 4 rings (SSSR count). The van der Waals surface area contributed by atoms with Gasteiger partial charge in [0.15, 0.2) is 5.82 Å². The predicted octanol–water partition coefficient (Wildman–Crippen LogP) is 5.27. The fourth-order valence-electron chi connectivity index (χ4n) is 2.79. The van der Waals surface area contributed by atoms with Crippen LogP contribution in [0.5, 0.6) is 0 Å². The Balaban J connectivity index is 1.47. The number of carbonyl (C=O) groups excluding carboxylic acids is 1. The summed E-state index contributed by atoms with van der Waals surface area (Å²) in [6.45, 7) is 1.82. The molecule has 0 spiro atoms. The number of hydrogen-bond acceptors (Lipinski definition) is 5. The Labute approximate surface area is 182 Å². The zero-order valence-electron chi connectivity index (χ0n) is 15.8. The number of aromatic nitrogens is 4. The monoisotopic (exact) mass is 438 g/mol. The molecule has 0 aliphatic rings. The molecular formula is C21H16Cl2N6O. The molecule has 150 valence electrons. The first kappa shape index (κ1) is 19.9. The van der Waals surface area contributed by atoms with Crippen LogP contribution in [0.25, 0.3) is 5.82 Å². The van der Waals surface area contributed by atoms with Crippen molar-refractivity contribution in [1.82, 2.24) is 19.7 Å². The van der Waals surface area contributed by atoms with Crippen LogP contribution >= 0.6 is 23.2 Å². The van der Waals surface area contributed by atoms with Gasteiger partial charge in [-0.2, -0.15) is 5.10 Å². The molecule has 0 atom stereocenters. The van der Waals surface area contributed by atoms with Crippen LogP contribution in [0, 0.1) is 6.92 Å². The average molecular weight is 439 g/mol. The Morgan fingerprint density at radius 1 is 1.00 bits per heavy atom. The minimum atomic E-state index is -0.312. The van der Waals surface area contributed by atoms with Crippen LogP contribution in [0.4, 0.5) is 17.2 Å². The fourth-order valence-corrected chi connectivity index (χ4v) is 3.29. The van der Waals surface area contributed by atoms with Gasteiger partial charge in [-0.3, -0.25) is 4.79 Å². The van der Waals surface area contributed by atoms with Gasteiger partial charge in [-0.05, 0) is 55.5 Å². The molecule has 0 saturated carbocycles. The third kappa shape index (κ3) is 4.59. The molecule has 0 radical (unpaired) electrons. The van der Waals surface area contributed by atoms with E-state index in [4.69, 9.17) is 23.2 Å².